The number of furan rings is 1. The number of thiophene rings is 1. The number of hydrogen-bond donors (Lipinski definition) is 1. The van der Waals surface area contributed by atoms with Gasteiger partial charge in [0.25, 0.3) is 11.8 Å². The molecule has 0 aliphatic carbocycles. The zero-order chi connectivity index (χ0) is 23.2. The van der Waals surface area contributed by atoms with E-state index in [0.29, 0.717) is 16.9 Å². The summed E-state index contributed by atoms with van der Waals surface area (Å²) in [7, 11) is 0. The minimum atomic E-state index is -0.790. The summed E-state index contributed by atoms with van der Waals surface area (Å²) in [6.07, 6.45) is 2.93. The minimum Gasteiger partial charge on any atom is -0.467 e. The van der Waals surface area contributed by atoms with E-state index in [2.05, 4.69) is 11.4 Å². The van der Waals surface area contributed by atoms with Crippen molar-refractivity contribution in [2.24, 2.45) is 0 Å². The van der Waals surface area contributed by atoms with Gasteiger partial charge in [-0.2, -0.15) is 5.26 Å². The van der Waals surface area contributed by atoms with Gasteiger partial charge in [0.2, 0.25) is 0 Å². The SMILES string of the molecule is Cc1sc(-n2c(C)cc(/C=C3\C(=O)NC(=O)N(Cc4ccco4)C3=O)c2C)c(C#N)c1C. The van der Waals surface area contributed by atoms with Crippen molar-refractivity contribution >= 4 is 35.3 Å². The first-order valence-electron chi connectivity index (χ1n) is 9.83. The first-order chi connectivity index (χ1) is 15.2. The number of amides is 4. The highest BCUT2D eigenvalue weighted by atomic mass is 32.1. The standard InChI is InChI=1S/C23H20N4O4S/c1-12-8-16(14(3)27(12)22-19(10-24)13(2)15(4)32-22)9-18-20(28)25-23(30)26(21(18)29)11-17-6-5-7-31-17/h5-9H,11H2,1-4H3,(H,25,28,30)/b18-9+. The second-order valence-corrected chi connectivity index (χ2v) is 8.73. The molecule has 0 spiro atoms. The maximum atomic E-state index is 13.0. The van der Waals surface area contributed by atoms with Crippen LogP contribution in [0.1, 0.15) is 38.7 Å². The molecule has 0 aromatic carbocycles. The molecule has 4 rings (SSSR count). The predicted octanol–water partition coefficient (Wildman–Crippen LogP) is 3.90. The molecule has 3 aromatic rings. The third kappa shape index (κ3) is 3.44. The Morgan fingerprint density at radius 1 is 1.22 bits per heavy atom. The third-order valence-electron chi connectivity index (χ3n) is 5.53. The smallest absolute Gasteiger partial charge is 0.331 e. The molecule has 0 atom stereocenters. The summed E-state index contributed by atoms with van der Waals surface area (Å²) in [5, 5.41) is 12.7. The minimum absolute atomic E-state index is 0.0828. The lowest BCUT2D eigenvalue weighted by Crippen LogP contribution is -2.53. The number of nitrogens with one attached hydrogen (secondary N) is 1. The van der Waals surface area contributed by atoms with Crippen molar-refractivity contribution in [1.82, 2.24) is 14.8 Å². The predicted molar refractivity (Wildman–Crippen MR) is 118 cm³/mol. The van der Waals surface area contributed by atoms with Crippen LogP contribution in [0.4, 0.5) is 4.79 Å². The van der Waals surface area contributed by atoms with Crippen molar-refractivity contribution in [3.8, 4) is 11.1 Å². The van der Waals surface area contributed by atoms with Crippen molar-refractivity contribution in [2.45, 2.75) is 34.2 Å². The Balaban J connectivity index is 1.75. The summed E-state index contributed by atoms with van der Waals surface area (Å²) < 4.78 is 7.18. The van der Waals surface area contributed by atoms with Gasteiger partial charge in [-0.15, -0.1) is 11.3 Å². The second-order valence-electron chi connectivity index (χ2n) is 7.53. The van der Waals surface area contributed by atoms with Gasteiger partial charge in [-0.05, 0) is 63.1 Å². The molecule has 4 amide bonds. The van der Waals surface area contributed by atoms with Crippen LogP contribution in [0.3, 0.4) is 0 Å². The molecule has 0 unspecified atom stereocenters. The van der Waals surface area contributed by atoms with E-state index in [0.717, 1.165) is 31.7 Å². The maximum Gasteiger partial charge on any atom is 0.331 e. The fraction of sp³-hybridized carbons (Fsp3) is 0.217. The molecule has 0 radical (unpaired) electrons. The van der Waals surface area contributed by atoms with E-state index in [1.807, 2.05) is 38.3 Å². The van der Waals surface area contributed by atoms with Gasteiger partial charge in [-0.1, -0.05) is 0 Å². The number of urea groups is 1. The van der Waals surface area contributed by atoms with Gasteiger partial charge in [0, 0.05) is 16.3 Å². The zero-order valence-corrected chi connectivity index (χ0v) is 18.8. The Bertz CT molecular complexity index is 1340. The largest absolute Gasteiger partial charge is 0.467 e. The molecule has 1 fully saturated rings. The van der Waals surface area contributed by atoms with Gasteiger partial charge < -0.3 is 8.98 Å². The Kier molecular flexibility index (Phi) is 5.32. The number of carbonyl (C=O) groups is 3. The summed E-state index contributed by atoms with van der Waals surface area (Å²) in [5.41, 5.74) is 3.70. The van der Waals surface area contributed by atoms with Crippen molar-refractivity contribution in [3.63, 3.8) is 0 Å². The first-order valence-corrected chi connectivity index (χ1v) is 10.6. The molecule has 0 saturated carbocycles. The molecule has 32 heavy (non-hydrogen) atoms. The van der Waals surface area contributed by atoms with Gasteiger partial charge in [0.15, 0.2) is 0 Å². The molecule has 0 bridgehead atoms. The number of aryl methyl sites for hydroxylation is 2. The van der Waals surface area contributed by atoms with E-state index in [1.54, 1.807) is 12.1 Å². The molecule has 9 heteroatoms. The number of nitriles is 1. The van der Waals surface area contributed by atoms with E-state index in [-0.39, 0.29) is 12.1 Å². The van der Waals surface area contributed by atoms with Gasteiger partial charge >= 0.3 is 6.03 Å². The van der Waals surface area contributed by atoms with Gasteiger partial charge in [0.1, 0.15) is 22.4 Å². The number of rotatable bonds is 4. The maximum absolute atomic E-state index is 13.0. The van der Waals surface area contributed by atoms with Gasteiger partial charge in [-0.25, -0.2) is 4.79 Å². The Morgan fingerprint density at radius 2 is 1.97 bits per heavy atom. The molecule has 162 valence electrons. The van der Waals surface area contributed by atoms with Crippen LogP contribution in [0.2, 0.25) is 0 Å². The summed E-state index contributed by atoms with van der Waals surface area (Å²) in [6, 6.07) is 6.64. The molecule has 1 saturated heterocycles. The summed E-state index contributed by atoms with van der Waals surface area (Å²) >= 11 is 1.52. The van der Waals surface area contributed by atoms with Crippen LogP contribution in [0.15, 0.2) is 34.5 Å². The van der Waals surface area contributed by atoms with Crippen LogP contribution in [0, 0.1) is 39.0 Å². The highest BCUT2D eigenvalue weighted by Crippen LogP contribution is 2.34. The lowest BCUT2D eigenvalue weighted by Gasteiger charge is -2.25. The number of hydrogen-bond acceptors (Lipinski definition) is 6. The Labute approximate surface area is 188 Å². The Hall–Kier alpha value is -3.90. The van der Waals surface area contributed by atoms with Crippen LogP contribution >= 0.6 is 11.3 Å². The lowest BCUT2D eigenvalue weighted by atomic mass is 10.1. The third-order valence-corrected chi connectivity index (χ3v) is 6.72. The van der Waals surface area contributed by atoms with Crippen molar-refractivity contribution in [3.05, 3.63) is 68.8 Å². The number of imide groups is 2. The Morgan fingerprint density at radius 3 is 2.62 bits per heavy atom. The monoisotopic (exact) mass is 448 g/mol. The molecular weight excluding hydrogens is 428 g/mol. The van der Waals surface area contributed by atoms with E-state index in [1.165, 1.54) is 23.7 Å². The molecule has 8 nitrogen and oxygen atoms in total. The second kappa shape index (κ2) is 7.98. The molecule has 1 aliphatic heterocycles. The average Bonchev–Trinajstić information content (AvgIpc) is 3.42. The molecule has 1 N–H and O–H groups in total. The summed E-state index contributed by atoms with van der Waals surface area (Å²) in [6.45, 7) is 7.57. The quantitative estimate of drug-likeness (QED) is 0.481. The van der Waals surface area contributed by atoms with Crippen LogP contribution in [-0.4, -0.2) is 27.3 Å². The summed E-state index contributed by atoms with van der Waals surface area (Å²) in [5.74, 6) is -1.02. The lowest BCUT2D eigenvalue weighted by molar-refractivity contribution is -0.130. The van der Waals surface area contributed by atoms with Crippen LogP contribution < -0.4 is 5.32 Å². The normalized spacial score (nSPS) is 15.4. The van der Waals surface area contributed by atoms with E-state index < -0.39 is 17.8 Å². The first kappa shape index (κ1) is 21.3. The number of aromatic nitrogens is 1. The highest BCUT2D eigenvalue weighted by molar-refractivity contribution is 7.14. The molecule has 3 aromatic heterocycles. The molecule has 1 aliphatic rings. The number of carbonyl (C=O) groups excluding carboxylic acids is 3. The summed E-state index contributed by atoms with van der Waals surface area (Å²) in [4.78, 5) is 39.7. The average molecular weight is 449 g/mol. The highest BCUT2D eigenvalue weighted by Gasteiger charge is 2.36. The van der Waals surface area contributed by atoms with E-state index in [9.17, 15) is 19.6 Å². The van der Waals surface area contributed by atoms with Crippen molar-refractivity contribution in [1.29, 1.82) is 5.26 Å². The van der Waals surface area contributed by atoms with Gasteiger partial charge in [-0.3, -0.25) is 19.8 Å². The number of nitrogens with zero attached hydrogens (tertiary/aromatic N) is 3. The van der Waals surface area contributed by atoms with Crippen molar-refractivity contribution < 1.29 is 18.8 Å². The number of barbiturate groups is 1. The fourth-order valence-corrected chi connectivity index (χ4v) is 4.91. The molecular formula is C23H20N4O4S. The van der Waals surface area contributed by atoms with E-state index >= 15 is 0 Å². The van der Waals surface area contributed by atoms with Gasteiger partial charge in [0.05, 0.1) is 18.4 Å². The van der Waals surface area contributed by atoms with Crippen LogP contribution in [0.25, 0.3) is 11.1 Å². The van der Waals surface area contributed by atoms with E-state index in [4.69, 9.17) is 4.42 Å². The topological polar surface area (TPSA) is 108 Å². The zero-order valence-electron chi connectivity index (χ0n) is 18.0. The van der Waals surface area contributed by atoms with Crippen LogP contribution in [-0.2, 0) is 16.1 Å². The molecule has 4 heterocycles. The van der Waals surface area contributed by atoms with Crippen LogP contribution in [0.5, 0.6) is 0 Å². The van der Waals surface area contributed by atoms with Crippen molar-refractivity contribution in [2.75, 3.05) is 0 Å². The fourth-order valence-electron chi connectivity index (χ4n) is 3.70.